The maximum absolute atomic E-state index is 3.78. The maximum atomic E-state index is 3.78. The zero-order valence-electron chi connectivity index (χ0n) is 12.4. The summed E-state index contributed by atoms with van der Waals surface area (Å²) in [6.07, 6.45) is 11.4. The second kappa shape index (κ2) is 5.01. The van der Waals surface area contributed by atoms with E-state index in [0.29, 0.717) is 0 Å². The molecule has 4 fully saturated rings. The van der Waals surface area contributed by atoms with Gasteiger partial charge in [-0.2, -0.15) is 0 Å². The molecule has 0 aromatic rings. The maximum Gasteiger partial charge on any atom is 0.0263 e. The molecule has 2 bridgehead atoms. The van der Waals surface area contributed by atoms with E-state index < -0.39 is 0 Å². The Kier molecular flexibility index (Phi) is 3.33. The fraction of sp³-hybridized carbons (Fsp3) is 1.00. The van der Waals surface area contributed by atoms with Crippen LogP contribution in [0.3, 0.4) is 0 Å². The lowest BCUT2D eigenvalue weighted by atomic mass is 9.93. The van der Waals surface area contributed by atoms with Gasteiger partial charge in [0.1, 0.15) is 0 Å². The minimum absolute atomic E-state index is 0.829. The molecule has 3 nitrogen and oxygen atoms in total. The molecule has 108 valence electrons. The summed E-state index contributed by atoms with van der Waals surface area (Å²) in [4.78, 5) is 5.57. The highest BCUT2D eigenvalue weighted by molar-refractivity contribution is 5.00. The van der Waals surface area contributed by atoms with Crippen LogP contribution in [-0.2, 0) is 0 Å². The van der Waals surface area contributed by atoms with Crippen LogP contribution in [0.25, 0.3) is 0 Å². The van der Waals surface area contributed by atoms with E-state index >= 15 is 0 Å². The number of fused-ring (bicyclic) bond motifs is 3. The van der Waals surface area contributed by atoms with Crippen molar-refractivity contribution in [3.05, 3.63) is 0 Å². The smallest absolute Gasteiger partial charge is 0.0263 e. The van der Waals surface area contributed by atoms with E-state index in [-0.39, 0.29) is 0 Å². The zero-order valence-corrected chi connectivity index (χ0v) is 12.4. The highest BCUT2D eigenvalue weighted by Gasteiger charge is 2.42. The van der Waals surface area contributed by atoms with Crippen molar-refractivity contribution in [2.75, 3.05) is 20.1 Å². The summed E-state index contributed by atoms with van der Waals surface area (Å²) in [5.74, 6) is 0. The van der Waals surface area contributed by atoms with Crippen molar-refractivity contribution in [1.29, 1.82) is 0 Å². The van der Waals surface area contributed by atoms with Crippen molar-refractivity contribution < 1.29 is 0 Å². The standard InChI is InChI=1S/C16H29N3/c1-18(14-10-12-5-6-13(11-14)17-12)15-7-9-19-8-3-2-4-16(15)19/h12-17H,2-11H2,1H3. The molecule has 0 radical (unpaired) electrons. The van der Waals surface area contributed by atoms with E-state index in [1.807, 2.05) is 0 Å². The third-order valence-electron chi connectivity index (χ3n) is 6.37. The van der Waals surface area contributed by atoms with Crippen molar-refractivity contribution in [2.24, 2.45) is 0 Å². The SMILES string of the molecule is CN(C1CC2CCC(C1)N2)C1CCN2CCCCC12. The number of hydrogen-bond acceptors (Lipinski definition) is 3. The molecule has 4 aliphatic heterocycles. The summed E-state index contributed by atoms with van der Waals surface area (Å²) in [5.41, 5.74) is 0. The van der Waals surface area contributed by atoms with E-state index in [0.717, 1.165) is 30.2 Å². The molecular weight excluding hydrogens is 234 g/mol. The van der Waals surface area contributed by atoms with Gasteiger partial charge in [-0.3, -0.25) is 9.80 Å². The van der Waals surface area contributed by atoms with E-state index in [4.69, 9.17) is 0 Å². The first-order valence-corrected chi connectivity index (χ1v) is 8.53. The number of rotatable bonds is 2. The molecule has 4 rings (SSSR count). The Morgan fingerprint density at radius 2 is 1.74 bits per heavy atom. The fourth-order valence-electron chi connectivity index (χ4n) is 5.33. The van der Waals surface area contributed by atoms with Gasteiger partial charge in [-0.1, -0.05) is 6.42 Å². The number of nitrogens with zero attached hydrogens (tertiary/aromatic N) is 2. The summed E-state index contributed by atoms with van der Waals surface area (Å²) in [5, 5.41) is 3.78. The Morgan fingerprint density at radius 1 is 0.947 bits per heavy atom. The molecule has 4 aliphatic rings. The highest BCUT2D eigenvalue weighted by atomic mass is 15.3. The third-order valence-corrected chi connectivity index (χ3v) is 6.37. The molecule has 3 heteroatoms. The summed E-state index contributed by atoms with van der Waals surface area (Å²) in [6.45, 7) is 2.73. The first-order valence-electron chi connectivity index (χ1n) is 8.53. The molecule has 19 heavy (non-hydrogen) atoms. The van der Waals surface area contributed by atoms with Crippen LogP contribution in [0, 0.1) is 0 Å². The van der Waals surface area contributed by atoms with Crippen LogP contribution in [0.2, 0.25) is 0 Å². The molecule has 4 unspecified atom stereocenters. The quantitative estimate of drug-likeness (QED) is 0.820. The topological polar surface area (TPSA) is 18.5 Å². The van der Waals surface area contributed by atoms with Gasteiger partial charge in [0.05, 0.1) is 0 Å². The molecule has 4 atom stereocenters. The number of hydrogen-bond donors (Lipinski definition) is 1. The first-order chi connectivity index (χ1) is 9.31. The monoisotopic (exact) mass is 263 g/mol. The number of nitrogens with one attached hydrogen (secondary N) is 1. The van der Waals surface area contributed by atoms with E-state index in [2.05, 4.69) is 22.2 Å². The lowest BCUT2D eigenvalue weighted by Crippen LogP contribution is -2.53. The zero-order chi connectivity index (χ0) is 12.8. The molecule has 4 saturated heterocycles. The summed E-state index contributed by atoms with van der Waals surface area (Å²) >= 11 is 0. The normalized spacial score (nSPS) is 46.7. The molecule has 0 saturated carbocycles. The van der Waals surface area contributed by atoms with E-state index in [9.17, 15) is 0 Å². The van der Waals surface area contributed by atoms with Gasteiger partial charge in [0.15, 0.2) is 0 Å². The summed E-state index contributed by atoms with van der Waals surface area (Å²) in [6, 6.07) is 4.24. The van der Waals surface area contributed by atoms with Gasteiger partial charge >= 0.3 is 0 Å². The van der Waals surface area contributed by atoms with Gasteiger partial charge in [0, 0.05) is 36.8 Å². The van der Waals surface area contributed by atoms with E-state index in [1.165, 1.54) is 64.5 Å². The van der Waals surface area contributed by atoms with Crippen LogP contribution in [0.4, 0.5) is 0 Å². The molecule has 0 amide bonds. The average Bonchev–Trinajstić information content (AvgIpc) is 3.01. The van der Waals surface area contributed by atoms with Gasteiger partial charge in [-0.05, 0) is 58.5 Å². The van der Waals surface area contributed by atoms with Crippen LogP contribution >= 0.6 is 0 Å². The Balaban J connectivity index is 1.44. The first kappa shape index (κ1) is 12.6. The molecule has 0 aromatic heterocycles. The van der Waals surface area contributed by atoms with Gasteiger partial charge in [-0.15, -0.1) is 0 Å². The van der Waals surface area contributed by atoms with Gasteiger partial charge in [0.2, 0.25) is 0 Å². The lowest BCUT2D eigenvalue weighted by molar-refractivity contribution is 0.0807. The van der Waals surface area contributed by atoms with Gasteiger partial charge < -0.3 is 5.32 Å². The Bertz CT molecular complexity index is 320. The Hall–Kier alpha value is -0.120. The molecular formula is C16H29N3. The predicted molar refractivity (Wildman–Crippen MR) is 78.3 cm³/mol. The Morgan fingerprint density at radius 3 is 2.53 bits per heavy atom. The second-order valence-corrected chi connectivity index (χ2v) is 7.38. The van der Waals surface area contributed by atoms with Crippen molar-refractivity contribution in [3.63, 3.8) is 0 Å². The molecule has 0 spiro atoms. The van der Waals surface area contributed by atoms with Crippen molar-refractivity contribution >= 4 is 0 Å². The highest BCUT2D eigenvalue weighted by Crippen LogP contribution is 2.35. The molecule has 0 aliphatic carbocycles. The average molecular weight is 263 g/mol. The number of likely N-dealkylation sites (N-methyl/N-ethyl adjacent to an activating group) is 1. The van der Waals surface area contributed by atoms with Gasteiger partial charge in [-0.25, -0.2) is 0 Å². The minimum atomic E-state index is 0.829. The molecule has 1 N–H and O–H groups in total. The van der Waals surface area contributed by atoms with Crippen LogP contribution in [0.1, 0.15) is 51.4 Å². The predicted octanol–water partition coefficient (Wildman–Crippen LogP) is 1.83. The van der Waals surface area contributed by atoms with Crippen molar-refractivity contribution in [1.82, 2.24) is 15.1 Å². The summed E-state index contributed by atoms with van der Waals surface area (Å²) < 4.78 is 0. The van der Waals surface area contributed by atoms with Crippen molar-refractivity contribution in [3.8, 4) is 0 Å². The van der Waals surface area contributed by atoms with Crippen molar-refractivity contribution in [2.45, 2.75) is 81.6 Å². The molecule has 0 aromatic carbocycles. The van der Waals surface area contributed by atoms with E-state index in [1.54, 1.807) is 0 Å². The largest absolute Gasteiger partial charge is 0.311 e. The molecule has 4 heterocycles. The minimum Gasteiger partial charge on any atom is -0.311 e. The Labute approximate surface area is 117 Å². The van der Waals surface area contributed by atoms with Crippen LogP contribution in [0.15, 0.2) is 0 Å². The second-order valence-electron chi connectivity index (χ2n) is 7.38. The summed E-state index contributed by atoms with van der Waals surface area (Å²) in [7, 11) is 2.43. The lowest BCUT2D eigenvalue weighted by Gasteiger charge is -2.42. The number of piperidine rings is 2. The van der Waals surface area contributed by atoms with Crippen LogP contribution in [-0.4, -0.2) is 60.1 Å². The van der Waals surface area contributed by atoms with Crippen LogP contribution in [0.5, 0.6) is 0 Å². The van der Waals surface area contributed by atoms with Gasteiger partial charge in [0.25, 0.3) is 0 Å². The fourth-order valence-corrected chi connectivity index (χ4v) is 5.33. The third kappa shape index (κ3) is 2.24. The van der Waals surface area contributed by atoms with Crippen LogP contribution < -0.4 is 5.32 Å².